The lowest BCUT2D eigenvalue weighted by molar-refractivity contribution is 0.500. The molecule has 4 heteroatoms. The minimum absolute atomic E-state index is 0.0406. The van der Waals surface area contributed by atoms with E-state index < -0.39 is 8.07 Å². The van der Waals surface area contributed by atoms with Gasteiger partial charge in [0.05, 0.1) is 0 Å². The fraction of sp³-hybridized carbons (Fsp3) is 0.818. The summed E-state index contributed by atoms with van der Waals surface area (Å²) in [6.07, 6.45) is 1.62. The van der Waals surface area contributed by atoms with E-state index in [0.29, 0.717) is 12.3 Å². The van der Waals surface area contributed by atoms with Gasteiger partial charge < -0.3 is 0 Å². The number of hydrogen-bond acceptors (Lipinski definition) is 1. The van der Waals surface area contributed by atoms with Crippen molar-refractivity contribution in [1.82, 2.24) is 0 Å². The van der Waals surface area contributed by atoms with Crippen LogP contribution in [-0.2, 0) is 0 Å². The number of rotatable bonds is 4. The molecule has 0 aromatic heterocycles. The Morgan fingerprint density at radius 3 is 2.33 bits per heavy atom. The van der Waals surface area contributed by atoms with E-state index in [0.717, 1.165) is 6.42 Å². The van der Waals surface area contributed by atoms with Crippen molar-refractivity contribution in [2.24, 2.45) is 11.0 Å². The van der Waals surface area contributed by atoms with Crippen molar-refractivity contribution in [2.75, 3.05) is 0 Å². The average molecular weight is 223 g/mol. The minimum Gasteiger partial charge on any atom is -0.132 e. The third kappa shape index (κ3) is 9.39. The van der Waals surface area contributed by atoms with Crippen LogP contribution < -0.4 is 0 Å². The van der Waals surface area contributed by atoms with E-state index in [2.05, 4.69) is 55.0 Å². The molecule has 0 amide bonds. The van der Waals surface area contributed by atoms with Gasteiger partial charge in [-0.05, 0) is 17.9 Å². The van der Waals surface area contributed by atoms with E-state index >= 15 is 0 Å². The zero-order valence-electron chi connectivity index (χ0n) is 10.4. The van der Waals surface area contributed by atoms with E-state index in [-0.39, 0.29) is 6.04 Å². The van der Waals surface area contributed by atoms with Crippen LogP contribution in [0.3, 0.4) is 0 Å². The van der Waals surface area contributed by atoms with Crippen LogP contribution in [0.1, 0.15) is 26.7 Å². The van der Waals surface area contributed by atoms with Crippen molar-refractivity contribution in [2.45, 2.75) is 52.4 Å². The second-order valence-corrected chi connectivity index (χ2v) is 9.99. The predicted molar refractivity (Wildman–Crippen MR) is 68.1 cm³/mol. The summed E-state index contributed by atoms with van der Waals surface area (Å²) < 4.78 is 0. The Morgan fingerprint density at radius 1 is 1.33 bits per heavy atom. The topological polar surface area (TPSA) is 48.8 Å². The molecule has 0 N–H and O–H groups in total. The molecule has 0 fully saturated rings. The lowest BCUT2D eigenvalue weighted by Crippen LogP contribution is -2.16. The molecule has 0 heterocycles. The first-order valence-corrected chi connectivity index (χ1v) is 8.89. The molecule has 0 aliphatic carbocycles. The average Bonchev–Trinajstić information content (AvgIpc) is 2.00. The molecule has 84 valence electrons. The maximum Gasteiger partial charge on any atom is 0.129 e. The molecule has 0 radical (unpaired) electrons. The van der Waals surface area contributed by atoms with Gasteiger partial charge >= 0.3 is 0 Å². The van der Waals surface area contributed by atoms with Gasteiger partial charge in [-0.2, -0.15) is 0 Å². The molecule has 0 unspecified atom stereocenters. The van der Waals surface area contributed by atoms with Crippen molar-refractivity contribution in [1.29, 1.82) is 0 Å². The lowest BCUT2D eigenvalue weighted by atomic mass is 10.0. The molecule has 1 atom stereocenters. The van der Waals surface area contributed by atoms with Crippen molar-refractivity contribution < 1.29 is 0 Å². The highest BCUT2D eigenvalue weighted by Gasteiger charge is 2.09. The molecule has 0 aromatic carbocycles. The zero-order chi connectivity index (χ0) is 11.9. The number of hydrogen-bond donors (Lipinski definition) is 0. The van der Waals surface area contributed by atoms with Crippen LogP contribution in [0.5, 0.6) is 0 Å². The standard InChI is InChI=1S/C11H21N3Si/c1-10(2)9-11(13-14-12)7-6-8-15(3,4)5/h10-11H,7,9H2,1-5H3/t11-/m1/s1. The van der Waals surface area contributed by atoms with Crippen molar-refractivity contribution in [3.8, 4) is 11.5 Å². The van der Waals surface area contributed by atoms with Gasteiger partial charge in [-0.25, -0.2) is 0 Å². The fourth-order valence-electron chi connectivity index (χ4n) is 1.22. The minimum atomic E-state index is -1.28. The Balaban J connectivity index is 4.28. The molecular weight excluding hydrogens is 202 g/mol. The van der Waals surface area contributed by atoms with E-state index in [1.807, 2.05) is 0 Å². The van der Waals surface area contributed by atoms with Crippen LogP contribution in [0.15, 0.2) is 5.11 Å². The quantitative estimate of drug-likeness (QED) is 0.227. The highest BCUT2D eigenvalue weighted by molar-refractivity contribution is 6.83. The zero-order valence-corrected chi connectivity index (χ0v) is 11.4. The van der Waals surface area contributed by atoms with E-state index in [9.17, 15) is 0 Å². The SMILES string of the molecule is CC(C)C[C@@H](CC#C[Si](C)(C)C)N=[N+]=[N-]. The molecule has 0 rings (SSSR count). The lowest BCUT2D eigenvalue weighted by Gasteiger charge is -2.10. The predicted octanol–water partition coefficient (Wildman–Crippen LogP) is 3.98. The monoisotopic (exact) mass is 223 g/mol. The second-order valence-electron chi connectivity index (χ2n) is 5.24. The molecule has 0 saturated heterocycles. The van der Waals surface area contributed by atoms with E-state index in [1.54, 1.807) is 0 Å². The van der Waals surface area contributed by atoms with Crippen molar-refractivity contribution in [3.63, 3.8) is 0 Å². The van der Waals surface area contributed by atoms with Gasteiger partial charge in [-0.15, -0.1) is 11.5 Å². The Kier molecular flexibility index (Phi) is 6.15. The van der Waals surface area contributed by atoms with Gasteiger partial charge in [-0.1, -0.05) is 38.6 Å². The van der Waals surface area contributed by atoms with Crippen LogP contribution in [-0.4, -0.2) is 14.1 Å². The summed E-state index contributed by atoms with van der Waals surface area (Å²) in [5.41, 5.74) is 11.7. The Morgan fingerprint density at radius 2 is 1.93 bits per heavy atom. The molecule has 15 heavy (non-hydrogen) atoms. The Hall–Kier alpha value is -0.913. The van der Waals surface area contributed by atoms with Crippen LogP contribution in [0.4, 0.5) is 0 Å². The van der Waals surface area contributed by atoms with Crippen LogP contribution >= 0.6 is 0 Å². The summed E-state index contributed by atoms with van der Waals surface area (Å²) in [4.78, 5) is 2.87. The molecule has 0 saturated carbocycles. The van der Waals surface area contributed by atoms with Crippen LogP contribution in [0.25, 0.3) is 10.4 Å². The van der Waals surface area contributed by atoms with E-state index in [1.165, 1.54) is 0 Å². The summed E-state index contributed by atoms with van der Waals surface area (Å²) in [6.45, 7) is 10.9. The summed E-state index contributed by atoms with van der Waals surface area (Å²) in [7, 11) is -1.28. The summed E-state index contributed by atoms with van der Waals surface area (Å²) in [6, 6.07) is 0.0406. The van der Waals surface area contributed by atoms with Gasteiger partial charge in [0.2, 0.25) is 0 Å². The Bertz CT molecular complexity index is 287. The summed E-state index contributed by atoms with van der Waals surface area (Å²) in [5, 5.41) is 3.78. The van der Waals surface area contributed by atoms with Gasteiger partial charge in [0.1, 0.15) is 8.07 Å². The molecule has 0 spiro atoms. The third-order valence-electron chi connectivity index (χ3n) is 1.76. The highest BCUT2D eigenvalue weighted by Crippen LogP contribution is 2.11. The first-order chi connectivity index (χ1) is 6.85. The molecule has 0 aliphatic heterocycles. The molecular formula is C11H21N3Si. The molecule has 0 aliphatic rings. The van der Waals surface area contributed by atoms with E-state index in [4.69, 9.17) is 5.53 Å². The largest absolute Gasteiger partial charge is 0.132 e. The van der Waals surface area contributed by atoms with Crippen LogP contribution in [0.2, 0.25) is 19.6 Å². The second kappa shape index (κ2) is 6.55. The smallest absolute Gasteiger partial charge is 0.129 e. The first-order valence-electron chi connectivity index (χ1n) is 5.39. The normalized spacial score (nSPS) is 12.7. The molecule has 3 nitrogen and oxygen atoms in total. The van der Waals surface area contributed by atoms with Crippen LogP contribution in [0, 0.1) is 17.4 Å². The van der Waals surface area contributed by atoms with Gasteiger partial charge in [-0.3, -0.25) is 0 Å². The highest BCUT2D eigenvalue weighted by atomic mass is 28.3. The first kappa shape index (κ1) is 14.1. The number of nitrogens with zero attached hydrogens (tertiary/aromatic N) is 3. The maximum atomic E-state index is 8.43. The fourth-order valence-corrected chi connectivity index (χ4v) is 1.85. The summed E-state index contributed by atoms with van der Waals surface area (Å²) in [5.74, 6) is 3.71. The van der Waals surface area contributed by atoms with Crippen molar-refractivity contribution >= 4 is 8.07 Å². The summed E-state index contributed by atoms with van der Waals surface area (Å²) >= 11 is 0. The maximum absolute atomic E-state index is 8.43. The van der Waals surface area contributed by atoms with Gasteiger partial charge in [0.25, 0.3) is 0 Å². The molecule has 0 bridgehead atoms. The third-order valence-corrected chi connectivity index (χ3v) is 2.69. The van der Waals surface area contributed by atoms with Gasteiger partial charge in [0.15, 0.2) is 0 Å². The van der Waals surface area contributed by atoms with Crippen molar-refractivity contribution in [3.05, 3.63) is 10.4 Å². The molecule has 0 aromatic rings. The van der Waals surface area contributed by atoms with Gasteiger partial charge in [0, 0.05) is 17.4 Å². The Labute approximate surface area is 93.9 Å². The number of azide groups is 1.